The van der Waals surface area contributed by atoms with Crippen LogP contribution in [0.3, 0.4) is 0 Å². The molecule has 0 saturated carbocycles. The second-order valence-electron chi connectivity index (χ2n) is 10.3. The Labute approximate surface area is 280 Å². The van der Waals surface area contributed by atoms with Crippen LogP contribution in [0.25, 0.3) is 10.9 Å². The quantitative estimate of drug-likeness (QED) is 0.122. The molecule has 0 saturated heterocycles. The molecule has 1 aromatic carbocycles. The summed E-state index contributed by atoms with van der Waals surface area (Å²) < 4.78 is 28.7. The number of aliphatic imine (C=N–C) groups is 1. The highest BCUT2D eigenvalue weighted by Gasteiger charge is 2.44. The number of nitrogens with zero attached hydrogens (tertiary/aromatic N) is 3. The van der Waals surface area contributed by atoms with Crippen molar-refractivity contribution in [3.8, 4) is 11.8 Å². The normalized spacial score (nSPS) is 14.2. The van der Waals surface area contributed by atoms with E-state index >= 15 is 0 Å². The van der Waals surface area contributed by atoms with Gasteiger partial charge < -0.3 is 33.7 Å². The minimum absolute atomic E-state index is 0.182. The van der Waals surface area contributed by atoms with Crippen LogP contribution in [0.15, 0.2) is 74.3 Å². The smallest absolute Gasteiger partial charge is 0.251 e. The van der Waals surface area contributed by atoms with E-state index in [1.54, 1.807) is 19.2 Å². The highest BCUT2D eigenvalue weighted by Crippen LogP contribution is 2.49. The Balaban J connectivity index is 0.00000361. The molecule has 0 fully saturated rings. The number of rotatable bonds is 14. The lowest BCUT2D eigenvalue weighted by molar-refractivity contribution is 0.00133. The van der Waals surface area contributed by atoms with E-state index in [-0.39, 0.29) is 18.7 Å². The number of benzene rings is 1. The number of aliphatic hydroxyl groups is 1. The third-order valence-electron chi connectivity index (χ3n) is 7.23. The lowest BCUT2D eigenvalue weighted by Gasteiger charge is -2.40. The highest BCUT2D eigenvalue weighted by atomic mass is 79.9. The van der Waals surface area contributed by atoms with Crippen molar-refractivity contribution in [2.24, 2.45) is 4.99 Å². The second-order valence-corrected chi connectivity index (χ2v) is 11.2. The molecule has 2 atom stereocenters. The molecule has 0 amide bonds. The summed E-state index contributed by atoms with van der Waals surface area (Å²) >= 11 is 3.56. The van der Waals surface area contributed by atoms with Crippen LogP contribution in [-0.2, 0) is 19.8 Å². The minimum atomic E-state index is -1.72. The van der Waals surface area contributed by atoms with Gasteiger partial charge in [-0.15, -0.1) is 0 Å². The molecule has 2 aromatic heterocycles. The van der Waals surface area contributed by atoms with E-state index in [0.29, 0.717) is 46.3 Å². The monoisotopic (exact) mass is 702 g/mol. The van der Waals surface area contributed by atoms with Gasteiger partial charge in [-0.25, -0.2) is 4.98 Å². The summed E-state index contributed by atoms with van der Waals surface area (Å²) in [6.45, 7) is 4.47. The Kier molecular flexibility index (Phi) is 15.3. The summed E-state index contributed by atoms with van der Waals surface area (Å²) in [4.78, 5) is 26.6. The van der Waals surface area contributed by atoms with Gasteiger partial charge in [0.2, 0.25) is 11.8 Å². The standard InChI is InChI=1S/C32H41BrN4O7.C2H6/c1-34-28(42-6)16-21(14-24(41-5)19-40-4)30(25-15-20-13-23(33)9-10-26(20)35-31(25)44-8)32(39,11-12-37(2)3)22-17-27(38)36-29(18-22)43-7;1-2/h9-10,13,15-19,30,39H,11-12,14H2,1-8H3,(H,36,38);1-2H3/b21-16+,24-19-,34-28?;/t30?,32-;/m1./s1. The van der Waals surface area contributed by atoms with Gasteiger partial charge in [0.05, 0.1) is 41.1 Å². The molecule has 11 nitrogen and oxygen atoms in total. The van der Waals surface area contributed by atoms with Crippen molar-refractivity contribution in [3.05, 3.63) is 86.0 Å². The average molecular weight is 704 g/mol. The van der Waals surface area contributed by atoms with Crippen LogP contribution in [0.1, 0.15) is 43.7 Å². The van der Waals surface area contributed by atoms with Crippen molar-refractivity contribution in [1.29, 1.82) is 0 Å². The van der Waals surface area contributed by atoms with E-state index in [2.05, 4.69) is 25.9 Å². The Morgan fingerprint density at radius 3 is 2.37 bits per heavy atom. The number of aromatic amines is 1. The predicted octanol–water partition coefficient (Wildman–Crippen LogP) is 5.78. The number of halogens is 1. The van der Waals surface area contributed by atoms with Crippen molar-refractivity contribution in [2.75, 3.05) is 63.2 Å². The van der Waals surface area contributed by atoms with Crippen LogP contribution >= 0.6 is 15.9 Å². The van der Waals surface area contributed by atoms with E-state index in [9.17, 15) is 9.90 Å². The van der Waals surface area contributed by atoms with Crippen LogP contribution in [-0.4, -0.2) is 89.1 Å². The molecule has 2 heterocycles. The number of fused-ring (bicyclic) bond motifs is 1. The molecule has 0 bridgehead atoms. The third-order valence-corrected chi connectivity index (χ3v) is 7.72. The number of methoxy groups -OCH3 is 5. The molecular weight excluding hydrogens is 656 g/mol. The van der Waals surface area contributed by atoms with Crippen molar-refractivity contribution in [2.45, 2.75) is 38.2 Å². The maximum absolute atomic E-state index is 13.1. The molecule has 0 aliphatic heterocycles. The molecule has 1 unspecified atom stereocenters. The Morgan fingerprint density at radius 2 is 1.80 bits per heavy atom. The second kappa shape index (κ2) is 18.3. The molecule has 252 valence electrons. The Bertz CT molecular complexity index is 1590. The van der Waals surface area contributed by atoms with Crippen LogP contribution in [0.5, 0.6) is 11.8 Å². The van der Waals surface area contributed by atoms with E-state index in [0.717, 1.165) is 9.86 Å². The number of H-pyrrole nitrogens is 1. The van der Waals surface area contributed by atoms with Crippen LogP contribution in [0.4, 0.5) is 0 Å². The number of pyridine rings is 2. The van der Waals surface area contributed by atoms with E-state index in [4.69, 9.17) is 28.7 Å². The highest BCUT2D eigenvalue weighted by molar-refractivity contribution is 9.10. The van der Waals surface area contributed by atoms with Crippen LogP contribution in [0, 0.1) is 0 Å². The van der Waals surface area contributed by atoms with Gasteiger partial charge in [-0.3, -0.25) is 14.8 Å². The van der Waals surface area contributed by atoms with Gasteiger partial charge in [0, 0.05) is 59.6 Å². The fraction of sp³-hybridized carbons (Fsp3) is 0.441. The van der Waals surface area contributed by atoms with E-state index in [1.807, 2.05) is 57.1 Å². The SMILES string of the molecule is CC.CN=C(/C=C(\C/C(=C/OC)OC)C(c1cc2cc(Br)ccc2nc1OC)[C@@](O)(CCN(C)C)c1cc(OC)[nH]c(=O)c1)OC. The minimum Gasteiger partial charge on any atom is -0.501 e. The lowest BCUT2D eigenvalue weighted by atomic mass is 9.70. The number of nitrogens with one attached hydrogen (secondary N) is 1. The summed E-state index contributed by atoms with van der Waals surface area (Å²) in [6.07, 6.45) is 3.63. The number of aromatic nitrogens is 2. The molecular formula is C34H47BrN4O7. The molecule has 3 aromatic rings. The summed E-state index contributed by atoms with van der Waals surface area (Å²) in [7, 11) is 13.0. The summed E-state index contributed by atoms with van der Waals surface area (Å²) in [5, 5.41) is 14.0. The first-order valence-corrected chi connectivity index (χ1v) is 15.6. The van der Waals surface area contributed by atoms with Gasteiger partial charge in [0.25, 0.3) is 5.56 Å². The number of ether oxygens (including phenoxy) is 5. The van der Waals surface area contributed by atoms with Crippen molar-refractivity contribution in [3.63, 3.8) is 0 Å². The summed E-state index contributed by atoms with van der Waals surface area (Å²) in [6, 6.07) is 10.7. The molecule has 2 N–H and O–H groups in total. The molecule has 0 aliphatic rings. The molecule has 46 heavy (non-hydrogen) atoms. The largest absolute Gasteiger partial charge is 0.501 e. The molecule has 12 heteroatoms. The number of hydrogen-bond acceptors (Lipinski definition) is 10. The van der Waals surface area contributed by atoms with E-state index in [1.165, 1.54) is 47.9 Å². The zero-order chi connectivity index (χ0) is 34.4. The topological polar surface area (TPSA) is 128 Å². The molecule has 3 rings (SSSR count). The van der Waals surface area contributed by atoms with Crippen molar-refractivity contribution < 1.29 is 28.8 Å². The first-order valence-electron chi connectivity index (χ1n) is 14.8. The fourth-order valence-electron chi connectivity index (χ4n) is 5.11. The maximum atomic E-state index is 13.1. The molecule has 0 radical (unpaired) electrons. The summed E-state index contributed by atoms with van der Waals surface area (Å²) in [5.74, 6) is 0.424. The van der Waals surface area contributed by atoms with Gasteiger partial charge >= 0.3 is 0 Å². The zero-order valence-corrected chi connectivity index (χ0v) is 30.0. The average Bonchev–Trinajstić information content (AvgIpc) is 3.05. The van der Waals surface area contributed by atoms with Crippen molar-refractivity contribution in [1.82, 2.24) is 14.9 Å². The zero-order valence-electron chi connectivity index (χ0n) is 28.4. The fourth-order valence-corrected chi connectivity index (χ4v) is 5.49. The van der Waals surface area contributed by atoms with E-state index < -0.39 is 17.1 Å². The maximum Gasteiger partial charge on any atom is 0.251 e. The first-order chi connectivity index (χ1) is 22.0. The van der Waals surface area contributed by atoms with Gasteiger partial charge in [-0.2, -0.15) is 0 Å². The first kappa shape index (κ1) is 38.3. The number of hydrogen-bond donors (Lipinski definition) is 2. The third kappa shape index (κ3) is 9.57. The van der Waals surface area contributed by atoms with Gasteiger partial charge in [-0.1, -0.05) is 29.8 Å². The Morgan fingerprint density at radius 1 is 1.09 bits per heavy atom. The van der Waals surface area contributed by atoms with Gasteiger partial charge in [0.15, 0.2) is 5.88 Å². The van der Waals surface area contributed by atoms with Crippen LogP contribution < -0.4 is 15.0 Å². The molecule has 0 aliphatic carbocycles. The van der Waals surface area contributed by atoms with Gasteiger partial charge in [0.1, 0.15) is 17.6 Å². The van der Waals surface area contributed by atoms with Crippen LogP contribution in [0.2, 0.25) is 0 Å². The lowest BCUT2D eigenvalue weighted by Crippen LogP contribution is -2.39. The Hall–Kier alpha value is -3.87. The van der Waals surface area contributed by atoms with Gasteiger partial charge in [-0.05, 0) is 55.9 Å². The molecule has 0 spiro atoms. The predicted molar refractivity (Wildman–Crippen MR) is 186 cm³/mol. The van der Waals surface area contributed by atoms with Crippen molar-refractivity contribution >= 4 is 32.7 Å². The number of allylic oxidation sites excluding steroid dienone is 1. The summed E-state index contributed by atoms with van der Waals surface area (Å²) in [5.41, 5.74) is 0.109.